The average molecular weight is 235 g/mol. The maximum absolute atomic E-state index is 9.68. The first-order valence-electron chi connectivity index (χ1n) is 4.84. The van der Waals surface area contributed by atoms with Crippen LogP contribution in [0, 0.1) is 0 Å². The molecule has 16 heavy (non-hydrogen) atoms. The van der Waals surface area contributed by atoms with E-state index in [-0.39, 0.29) is 5.75 Å². The summed E-state index contributed by atoms with van der Waals surface area (Å²) in [6.07, 6.45) is 0. The highest BCUT2D eigenvalue weighted by molar-refractivity contribution is 6.33. The van der Waals surface area contributed by atoms with Crippen LogP contribution >= 0.6 is 11.6 Å². The molecule has 0 heterocycles. The van der Waals surface area contributed by atoms with Gasteiger partial charge in [0.2, 0.25) is 0 Å². The minimum atomic E-state index is 0.111. The Kier molecular flexibility index (Phi) is 3.02. The molecule has 0 aliphatic carbocycles. The molecule has 2 rings (SSSR count). The van der Waals surface area contributed by atoms with Crippen molar-refractivity contribution < 1.29 is 9.84 Å². The molecule has 0 aliphatic heterocycles. The lowest BCUT2D eigenvalue weighted by molar-refractivity contribution is 0.373. The van der Waals surface area contributed by atoms with Crippen molar-refractivity contribution in [3.8, 4) is 22.6 Å². The maximum atomic E-state index is 9.68. The number of rotatable bonds is 2. The molecule has 2 nitrogen and oxygen atoms in total. The van der Waals surface area contributed by atoms with E-state index in [9.17, 15) is 5.11 Å². The van der Waals surface area contributed by atoms with E-state index in [0.717, 1.165) is 11.1 Å². The van der Waals surface area contributed by atoms with Gasteiger partial charge < -0.3 is 9.84 Å². The molecule has 0 saturated carbocycles. The smallest absolute Gasteiger partial charge is 0.160 e. The number of halogens is 1. The first-order chi connectivity index (χ1) is 7.72. The van der Waals surface area contributed by atoms with Crippen LogP contribution in [0.2, 0.25) is 5.02 Å². The quantitative estimate of drug-likeness (QED) is 0.858. The number of phenols is 1. The van der Waals surface area contributed by atoms with Crippen molar-refractivity contribution in [1.82, 2.24) is 0 Å². The van der Waals surface area contributed by atoms with E-state index in [4.69, 9.17) is 16.3 Å². The summed E-state index contributed by atoms with van der Waals surface area (Å²) in [6.45, 7) is 0. The first-order valence-corrected chi connectivity index (χ1v) is 5.22. The summed E-state index contributed by atoms with van der Waals surface area (Å²) in [5, 5.41) is 10.3. The number of hydrogen-bond acceptors (Lipinski definition) is 2. The molecule has 0 fully saturated rings. The van der Waals surface area contributed by atoms with Crippen molar-refractivity contribution in [1.29, 1.82) is 0 Å². The van der Waals surface area contributed by atoms with Gasteiger partial charge in [-0.05, 0) is 23.8 Å². The Balaban J connectivity index is 2.50. The third-order valence-corrected chi connectivity index (χ3v) is 2.69. The largest absolute Gasteiger partial charge is 0.504 e. The molecule has 3 heteroatoms. The molecule has 1 N–H and O–H groups in total. The Bertz CT molecular complexity index is 509. The molecule has 0 unspecified atom stereocenters. The molecular weight excluding hydrogens is 224 g/mol. The van der Waals surface area contributed by atoms with Crippen LogP contribution in [-0.2, 0) is 0 Å². The summed E-state index contributed by atoms with van der Waals surface area (Å²) in [5.74, 6) is 0.565. The topological polar surface area (TPSA) is 29.5 Å². The van der Waals surface area contributed by atoms with Crippen LogP contribution in [0.25, 0.3) is 11.1 Å². The van der Waals surface area contributed by atoms with Gasteiger partial charge in [-0.3, -0.25) is 0 Å². The Labute approximate surface area is 99.1 Å². The van der Waals surface area contributed by atoms with Gasteiger partial charge >= 0.3 is 0 Å². The molecule has 0 aliphatic rings. The summed E-state index contributed by atoms with van der Waals surface area (Å²) < 4.78 is 4.98. The van der Waals surface area contributed by atoms with Gasteiger partial charge in [-0.1, -0.05) is 35.9 Å². The maximum Gasteiger partial charge on any atom is 0.160 e. The van der Waals surface area contributed by atoms with E-state index in [0.29, 0.717) is 10.8 Å². The Hall–Kier alpha value is -1.67. The molecule has 0 radical (unpaired) electrons. The normalized spacial score (nSPS) is 10.1. The molecule has 0 aromatic heterocycles. The Morgan fingerprint density at radius 1 is 1.12 bits per heavy atom. The fraction of sp³-hybridized carbons (Fsp3) is 0.0769. The molecule has 0 spiro atoms. The second-order valence-corrected chi connectivity index (χ2v) is 3.77. The summed E-state index contributed by atoms with van der Waals surface area (Å²) in [7, 11) is 1.52. The molecule has 0 bridgehead atoms. The van der Waals surface area contributed by atoms with E-state index < -0.39 is 0 Å². The van der Waals surface area contributed by atoms with Crippen molar-refractivity contribution in [3.05, 3.63) is 47.5 Å². The molecule has 0 saturated heterocycles. The lowest BCUT2D eigenvalue weighted by atomic mass is 10.1. The van der Waals surface area contributed by atoms with Crippen LogP contribution < -0.4 is 4.74 Å². The highest BCUT2D eigenvalue weighted by Crippen LogP contribution is 2.34. The molecular formula is C13H11ClO2. The third-order valence-electron chi connectivity index (χ3n) is 2.36. The summed E-state index contributed by atoms with van der Waals surface area (Å²) in [5.41, 5.74) is 1.76. The van der Waals surface area contributed by atoms with Gasteiger partial charge in [-0.25, -0.2) is 0 Å². The van der Waals surface area contributed by atoms with Crippen LogP contribution in [0.15, 0.2) is 42.5 Å². The van der Waals surface area contributed by atoms with E-state index in [1.165, 1.54) is 7.11 Å². The highest BCUT2D eigenvalue weighted by atomic mass is 35.5. The van der Waals surface area contributed by atoms with Crippen LogP contribution in [0.1, 0.15) is 0 Å². The molecule has 82 valence electrons. The number of benzene rings is 2. The summed E-state index contributed by atoms with van der Waals surface area (Å²) >= 11 is 6.07. The van der Waals surface area contributed by atoms with Crippen LogP contribution in [0.3, 0.4) is 0 Å². The van der Waals surface area contributed by atoms with Gasteiger partial charge in [0.15, 0.2) is 11.5 Å². The van der Waals surface area contributed by atoms with Gasteiger partial charge in [0.25, 0.3) is 0 Å². The average Bonchev–Trinajstić information content (AvgIpc) is 2.29. The molecule has 0 atom stereocenters. The number of methoxy groups -OCH3 is 1. The van der Waals surface area contributed by atoms with Gasteiger partial charge in [0, 0.05) is 10.6 Å². The number of ether oxygens (including phenoxy) is 1. The SMILES string of the molecule is COc1ccc(-c2ccccc2Cl)cc1O. The number of hydrogen-bond donors (Lipinski definition) is 1. The zero-order chi connectivity index (χ0) is 11.5. The lowest BCUT2D eigenvalue weighted by Gasteiger charge is -2.07. The van der Waals surface area contributed by atoms with Gasteiger partial charge in [0.1, 0.15) is 0 Å². The van der Waals surface area contributed by atoms with Crippen molar-refractivity contribution >= 4 is 11.6 Å². The minimum absolute atomic E-state index is 0.111. The highest BCUT2D eigenvalue weighted by Gasteiger charge is 2.06. The van der Waals surface area contributed by atoms with E-state index in [2.05, 4.69) is 0 Å². The van der Waals surface area contributed by atoms with Crippen molar-refractivity contribution in [2.24, 2.45) is 0 Å². The zero-order valence-electron chi connectivity index (χ0n) is 8.77. The fourth-order valence-electron chi connectivity index (χ4n) is 1.55. The van der Waals surface area contributed by atoms with E-state index in [1.807, 2.05) is 30.3 Å². The second kappa shape index (κ2) is 4.45. The summed E-state index contributed by atoms with van der Waals surface area (Å²) in [6, 6.07) is 12.7. The first kappa shape index (κ1) is 10.8. The predicted octanol–water partition coefficient (Wildman–Crippen LogP) is 3.72. The summed E-state index contributed by atoms with van der Waals surface area (Å²) in [4.78, 5) is 0. The van der Waals surface area contributed by atoms with E-state index >= 15 is 0 Å². The Morgan fingerprint density at radius 3 is 2.50 bits per heavy atom. The minimum Gasteiger partial charge on any atom is -0.504 e. The molecule has 0 amide bonds. The van der Waals surface area contributed by atoms with Crippen molar-refractivity contribution in [2.45, 2.75) is 0 Å². The van der Waals surface area contributed by atoms with Gasteiger partial charge in [-0.15, -0.1) is 0 Å². The standard InChI is InChI=1S/C13H11ClO2/c1-16-13-7-6-9(8-12(13)15)10-4-2-3-5-11(10)14/h2-8,15H,1H3. The predicted molar refractivity (Wildman–Crippen MR) is 65.1 cm³/mol. The van der Waals surface area contributed by atoms with Gasteiger partial charge in [-0.2, -0.15) is 0 Å². The van der Waals surface area contributed by atoms with Gasteiger partial charge in [0.05, 0.1) is 7.11 Å². The van der Waals surface area contributed by atoms with Crippen molar-refractivity contribution in [3.63, 3.8) is 0 Å². The van der Waals surface area contributed by atoms with Crippen LogP contribution in [-0.4, -0.2) is 12.2 Å². The molecule has 2 aromatic carbocycles. The fourth-order valence-corrected chi connectivity index (χ4v) is 1.80. The second-order valence-electron chi connectivity index (χ2n) is 3.37. The van der Waals surface area contributed by atoms with Crippen LogP contribution in [0.4, 0.5) is 0 Å². The van der Waals surface area contributed by atoms with Crippen molar-refractivity contribution in [2.75, 3.05) is 7.11 Å². The number of phenolic OH excluding ortho intramolecular Hbond substituents is 1. The number of aromatic hydroxyl groups is 1. The monoisotopic (exact) mass is 234 g/mol. The third kappa shape index (κ3) is 1.97. The van der Waals surface area contributed by atoms with Crippen LogP contribution in [0.5, 0.6) is 11.5 Å². The van der Waals surface area contributed by atoms with E-state index in [1.54, 1.807) is 12.1 Å². The zero-order valence-corrected chi connectivity index (χ0v) is 9.53. The Morgan fingerprint density at radius 2 is 1.88 bits per heavy atom. The molecule has 2 aromatic rings. The lowest BCUT2D eigenvalue weighted by Crippen LogP contribution is -1.85.